The molecule has 0 aliphatic carbocycles. The lowest BCUT2D eigenvalue weighted by Crippen LogP contribution is -2.13. The first-order chi connectivity index (χ1) is 9.69. The highest BCUT2D eigenvalue weighted by atomic mass is 32.1. The fourth-order valence-corrected chi connectivity index (χ4v) is 2.53. The highest BCUT2D eigenvalue weighted by Gasteiger charge is 2.10. The maximum atomic E-state index is 11.8. The van der Waals surface area contributed by atoms with Gasteiger partial charge in [0.15, 0.2) is 5.78 Å². The van der Waals surface area contributed by atoms with Crippen LogP contribution in [0.1, 0.15) is 35.0 Å². The van der Waals surface area contributed by atoms with Crippen LogP contribution in [0.3, 0.4) is 0 Å². The van der Waals surface area contributed by atoms with Gasteiger partial charge in [-0.1, -0.05) is 25.1 Å². The van der Waals surface area contributed by atoms with Gasteiger partial charge in [0.05, 0.1) is 4.88 Å². The molecular formula is C16H17NO2S. The van der Waals surface area contributed by atoms with E-state index in [0.717, 1.165) is 12.1 Å². The van der Waals surface area contributed by atoms with E-state index in [1.165, 1.54) is 16.9 Å². The van der Waals surface area contributed by atoms with Gasteiger partial charge in [-0.15, -0.1) is 11.3 Å². The lowest BCUT2D eigenvalue weighted by molar-refractivity contribution is -0.116. The molecule has 4 heteroatoms. The zero-order valence-corrected chi connectivity index (χ0v) is 12.2. The van der Waals surface area contributed by atoms with Crippen molar-refractivity contribution in [3.8, 4) is 0 Å². The minimum absolute atomic E-state index is 0.0245. The van der Waals surface area contributed by atoms with Crippen LogP contribution in [-0.2, 0) is 11.2 Å². The fourth-order valence-electron chi connectivity index (χ4n) is 1.83. The van der Waals surface area contributed by atoms with Crippen LogP contribution in [0.5, 0.6) is 0 Å². The molecule has 1 N–H and O–H groups in total. The predicted molar refractivity (Wildman–Crippen MR) is 82.3 cm³/mol. The Morgan fingerprint density at radius 2 is 1.85 bits per heavy atom. The molecular weight excluding hydrogens is 270 g/mol. The lowest BCUT2D eigenvalue weighted by Gasteiger charge is -2.05. The molecule has 3 nitrogen and oxygen atoms in total. The van der Waals surface area contributed by atoms with Crippen molar-refractivity contribution in [2.75, 3.05) is 5.32 Å². The van der Waals surface area contributed by atoms with Gasteiger partial charge in [0.2, 0.25) is 5.91 Å². The Morgan fingerprint density at radius 3 is 2.45 bits per heavy atom. The van der Waals surface area contributed by atoms with Gasteiger partial charge in [0, 0.05) is 18.5 Å². The number of hydrogen-bond acceptors (Lipinski definition) is 3. The third-order valence-electron chi connectivity index (χ3n) is 3.02. The van der Waals surface area contributed by atoms with Crippen molar-refractivity contribution in [1.82, 2.24) is 0 Å². The summed E-state index contributed by atoms with van der Waals surface area (Å²) in [6.07, 6.45) is 1.44. The van der Waals surface area contributed by atoms with Crippen molar-refractivity contribution in [3.63, 3.8) is 0 Å². The van der Waals surface area contributed by atoms with Gasteiger partial charge in [0.1, 0.15) is 0 Å². The van der Waals surface area contributed by atoms with Crippen molar-refractivity contribution in [1.29, 1.82) is 0 Å². The van der Waals surface area contributed by atoms with Gasteiger partial charge >= 0.3 is 0 Å². The Labute approximate surface area is 122 Å². The monoisotopic (exact) mass is 287 g/mol. The number of rotatable bonds is 6. The first-order valence-corrected chi connectivity index (χ1v) is 7.52. The summed E-state index contributed by atoms with van der Waals surface area (Å²) in [6.45, 7) is 2.09. The average molecular weight is 287 g/mol. The molecule has 0 spiro atoms. The molecule has 104 valence electrons. The van der Waals surface area contributed by atoms with Crippen molar-refractivity contribution < 1.29 is 9.59 Å². The summed E-state index contributed by atoms with van der Waals surface area (Å²) >= 11 is 1.41. The molecule has 2 rings (SSSR count). The molecule has 2 aromatic rings. The standard InChI is InChI=1S/C16H17NO2S/c1-2-12-5-7-13(8-6-12)17-16(19)10-9-14(18)15-4-3-11-20-15/h3-8,11H,2,9-10H2,1H3,(H,17,19). The molecule has 1 amide bonds. The summed E-state index contributed by atoms with van der Waals surface area (Å²) in [7, 11) is 0. The van der Waals surface area contributed by atoms with E-state index >= 15 is 0 Å². The van der Waals surface area contributed by atoms with E-state index in [2.05, 4.69) is 12.2 Å². The average Bonchev–Trinajstić information content (AvgIpc) is 3.00. The molecule has 0 unspecified atom stereocenters. The summed E-state index contributed by atoms with van der Waals surface area (Å²) in [6, 6.07) is 11.4. The second kappa shape index (κ2) is 7.01. The molecule has 0 fully saturated rings. The van der Waals surface area contributed by atoms with Crippen LogP contribution in [0.15, 0.2) is 41.8 Å². The number of nitrogens with one attached hydrogen (secondary N) is 1. The van der Waals surface area contributed by atoms with Crippen LogP contribution in [0.2, 0.25) is 0 Å². The number of ketones is 1. The Bertz CT molecular complexity index is 573. The molecule has 1 aromatic carbocycles. The first kappa shape index (κ1) is 14.5. The summed E-state index contributed by atoms with van der Waals surface area (Å²) in [4.78, 5) is 24.3. The highest BCUT2D eigenvalue weighted by Crippen LogP contribution is 2.14. The van der Waals surface area contributed by atoms with Crippen LogP contribution < -0.4 is 5.32 Å². The lowest BCUT2D eigenvalue weighted by atomic mass is 10.1. The quantitative estimate of drug-likeness (QED) is 0.819. The summed E-state index contributed by atoms with van der Waals surface area (Å²) in [5.41, 5.74) is 2.01. The molecule has 0 bridgehead atoms. The second-order valence-electron chi connectivity index (χ2n) is 4.50. The van der Waals surface area contributed by atoms with Gasteiger partial charge in [-0.25, -0.2) is 0 Å². The number of benzene rings is 1. The van der Waals surface area contributed by atoms with E-state index in [1.54, 1.807) is 6.07 Å². The van der Waals surface area contributed by atoms with Gasteiger partial charge in [-0.2, -0.15) is 0 Å². The number of hydrogen-bond donors (Lipinski definition) is 1. The summed E-state index contributed by atoms with van der Waals surface area (Å²) < 4.78 is 0. The molecule has 0 atom stereocenters. The predicted octanol–water partition coefficient (Wildman–Crippen LogP) is 3.91. The van der Waals surface area contributed by atoms with Crippen LogP contribution in [-0.4, -0.2) is 11.7 Å². The fraction of sp³-hybridized carbons (Fsp3) is 0.250. The van der Waals surface area contributed by atoms with Crippen molar-refractivity contribution in [2.45, 2.75) is 26.2 Å². The van der Waals surface area contributed by atoms with E-state index in [-0.39, 0.29) is 24.5 Å². The number of aryl methyl sites for hydroxylation is 1. The van der Waals surface area contributed by atoms with Crippen molar-refractivity contribution in [3.05, 3.63) is 52.2 Å². The van der Waals surface area contributed by atoms with Gasteiger partial charge in [-0.3, -0.25) is 9.59 Å². The van der Waals surface area contributed by atoms with Crippen LogP contribution in [0, 0.1) is 0 Å². The third-order valence-corrected chi connectivity index (χ3v) is 3.93. The van der Waals surface area contributed by atoms with E-state index in [9.17, 15) is 9.59 Å². The van der Waals surface area contributed by atoms with E-state index < -0.39 is 0 Å². The number of anilines is 1. The Morgan fingerprint density at radius 1 is 1.10 bits per heavy atom. The molecule has 1 aromatic heterocycles. The minimum Gasteiger partial charge on any atom is -0.326 e. The summed E-state index contributed by atoms with van der Waals surface area (Å²) in [5.74, 6) is -0.101. The van der Waals surface area contributed by atoms with Gasteiger partial charge < -0.3 is 5.32 Å². The smallest absolute Gasteiger partial charge is 0.224 e. The number of thiophene rings is 1. The van der Waals surface area contributed by atoms with Crippen LogP contribution in [0.25, 0.3) is 0 Å². The van der Waals surface area contributed by atoms with Crippen LogP contribution >= 0.6 is 11.3 Å². The molecule has 0 radical (unpaired) electrons. The largest absolute Gasteiger partial charge is 0.326 e. The number of amides is 1. The number of carbonyl (C=O) groups excluding carboxylic acids is 2. The normalized spacial score (nSPS) is 10.2. The third kappa shape index (κ3) is 4.03. The number of carbonyl (C=O) groups is 2. The Kier molecular flexibility index (Phi) is 5.07. The Hall–Kier alpha value is -1.94. The van der Waals surface area contributed by atoms with E-state index in [1.807, 2.05) is 35.7 Å². The second-order valence-corrected chi connectivity index (χ2v) is 5.45. The SMILES string of the molecule is CCc1ccc(NC(=O)CCC(=O)c2cccs2)cc1. The van der Waals surface area contributed by atoms with Crippen LogP contribution in [0.4, 0.5) is 5.69 Å². The molecule has 0 aliphatic rings. The van der Waals surface area contributed by atoms with Crippen molar-refractivity contribution in [2.24, 2.45) is 0 Å². The molecule has 0 aliphatic heterocycles. The van der Waals surface area contributed by atoms with Gasteiger partial charge in [0.25, 0.3) is 0 Å². The molecule has 0 saturated carbocycles. The van der Waals surface area contributed by atoms with Crippen molar-refractivity contribution >= 4 is 28.7 Å². The maximum absolute atomic E-state index is 11.8. The number of Topliss-reactive ketones (excluding diaryl/α,β-unsaturated/α-hetero) is 1. The first-order valence-electron chi connectivity index (χ1n) is 6.64. The van der Waals surface area contributed by atoms with Gasteiger partial charge in [-0.05, 0) is 35.6 Å². The molecule has 20 heavy (non-hydrogen) atoms. The minimum atomic E-state index is -0.126. The van der Waals surface area contributed by atoms with E-state index in [4.69, 9.17) is 0 Å². The molecule has 1 heterocycles. The zero-order valence-electron chi connectivity index (χ0n) is 11.4. The zero-order chi connectivity index (χ0) is 14.4. The molecule has 0 saturated heterocycles. The highest BCUT2D eigenvalue weighted by molar-refractivity contribution is 7.12. The van der Waals surface area contributed by atoms with E-state index in [0.29, 0.717) is 4.88 Å². The topological polar surface area (TPSA) is 46.2 Å². The Balaban J connectivity index is 1.81. The summed E-state index contributed by atoms with van der Waals surface area (Å²) in [5, 5.41) is 4.67. The maximum Gasteiger partial charge on any atom is 0.224 e.